The molecule has 130 valence electrons. The zero-order valence-electron chi connectivity index (χ0n) is 14.4. The first-order valence-corrected chi connectivity index (χ1v) is 8.37. The molecule has 7 heteroatoms. The van der Waals surface area contributed by atoms with E-state index in [0.717, 1.165) is 23.7 Å². The first kappa shape index (κ1) is 15.7. The normalized spacial score (nSPS) is 19.1. The molecule has 0 radical (unpaired) electrons. The van der Waals surface area contributed by atoms with Crippen LogP contribution in [0.3, 0.4) is 0 Å². The fraction of sp³-hybridized carbons (Fsp3) is 0.389. The minimum Gasteiger partial charge on any atom is -0.447 e. The van der Waals surface area contributed by atoms with Crippen LogP contribution in [0.25, 0.3) is 0 Å². The van der Waals surface area contributed by atoms with Crippen molar-refractivity contribution in [1.82, 2.24) is 14.9 Å². The third kappa shape index (κ3) is 2.86. The van der Waals surface area contributed by atoms with Crippen LogP contribution < -0.4 is 9.80 Å². The summed E-state index contributed by atoms with van der Waals surface area (Å²) in [6.07, 6.45) is 1.34. The van der Waals surface area contributed by atoms with E-state index in [-0.39, 0.29) is 12.1 Å². The van der Waals surface area contributed by atoms with Gasteiger partial charge in [0.2, 0.25) is 0 Å². The molecule has 1 saturated heterocycles. The lowest BCUT2D eigenvalue weighted by atomic mass is 10.2. The second-order valence-corrected chi connectivity index (χ2v) is 6.58. The third-order valence-electron chi connectivity index (χ3n) is 4.77. The van der Waals surface area contributed by atoms with Gasteiger partial charge in [0.1, 0.15) is 24.6 Å². The van der Waals surface area contributed by atoms with Crippen molar-refractivity contribution < 1.29 is 9.53 Å². The summed E-state index contributed by atoms with van der Waals surface area (Å²) < 4.78 is 5.22. The molecular weight excluding hydrogens is 318 g/mol. The number of hydrogen-bond acceptors (Lipinski definition) is 6. The second kappa shape index (κ2) is 6.23. The maximum atomic E-state index is 12.1. The number of anilines is 2. The van der Waals surface area contributed by atoms with Gasteiger partial charge in [-0.3, -0.25) is 4.90 Å². The molecule has 1 aromatic carbocycles. The van der Waals surface area contributed by atoms with Crippen LogP contribution in [0.15, 0.2) is 36.7 Å². The SMILES string of the molecule is CN(Cc1ccccc1)c1ncnc2c1CN1C(=O)OC[C@@H]1CN2C. The molecule has 2 aromatic rings. The van der Waals surface area contributed by atoms with Gasteiger partial charge in [0.25, 0.3) is 0 Å². The van der Waals surface area contributed by atoms with Gasteiger partial charge in [-0.15, -0.1) is 0 Å². The van der Waals surface area contributed by atoms with Crippen LogP contribution in [0.1, 0.15) is 11.1 Å². The van der Waals surface area contributed by atoms with E-state index in [1.807, 2.05) is 32.3 Å². The molecule has 0 spiro atoms. The molecule has 0 unspecified atom stereocenters. The van der Waals surface area contributed by atoms with Crippen molar-refractivity contribution in [2.45, 2.75) is 19.1 Å². The largest absolute Gasteiger partial charge is 0.447 e. The zero-order valence-corrected chi connectivity index (χ0v) is 14.4. The van der Waals surface area contributed by atoms with E-state index >= 15 is 0 Å². The van der Waals surface area contributed by atoms with Gasteiger partial charge in [-0.1, -0.05) is 30.3 Å². The Morgan fingerprint density at radius 3 is 2.88 bits per heavy atom. The number of carbonyl (C=O) groups excluding carboxylic acids is 1. The molecule has 7 nitrogen and oxygen atoms in total. The van der Waals surface area contributed by atoms with Crippen molar-refractivity contribution in [3.05, 3.63) is 47.8 Å². The van der Waals surface area contributed by atoms with Crippen molar-refractivity contribution in [1.29, 1.82) is 0 Å². The Labute approximate surface area is 146 Å². The van der Waals surface area contributed by atoms with E-state index in [1.54, 1.807) is 11.2 Å². The number of carbonyl (C=O) groups is 1. The Morgan fingerprint density at radius 2 is 2.08 bits per heavy atom. The monoisotopic (exact) mass is 339 g/mol. The van der Waals surface area contributed by atoms with Crippen LogP contribution in [0.5, 0.6) is 0 Å². The minimum absolute atomic E-state index is 0.0546. The molecule has 2 aliphatic rings. The van der Waals surface area contributed by atoms with E-state index in [1.165, 1.54) is 5.56 Å². The number of cyclic esters (lactones) is 1. The van der Waals surface area contributed by atoms with Gasteiger partial charge in [0.05, 0.1) is 18.2 Å². The Bertz CT molecular complexity index is 782. The van der Waals surface area contributed by atoms with Crippen molar-refractivity contribution in [2.75, 3.05) is 37.0 Å². The average Bonchev–Trinajstić information content (AvgIpc) is 2.87. The topological polar surface area (TPSA) is 61.8 Å². The standard InChI is InChI=1S/C18H21N5O2/c1-21(8-13-6-4-3-5-7-13)16-15-10-23-14(11-25-18(23)24)9-22(2)17(15)20-12-19-16/h3-7,12,14H,8-11H2,1-2H3/t14-/m0/s1. The molecule has 1 aromatic heterocycles. The van der Waals surface area contributed by atoms with Gasteiger partial charge in [-0.25, -0.2) is 14.8 Å². The number of amides is 1. The summed E-state index contributed by atoms with van der Waals surface area (Å²) in [6, 6.07) is 10.3. The second-order valence-electron chi connectivity index (χ2n) is 6.58. The first-order chi connectivity index (χ1) is 12.1. The predicted octanol–water partition coefficient (Wildman–Crippen LogP) is 1.88. The first-order valence-electron chi connectivity index (χ1n) is 8.37. The lowest BCUT2D eigenvalue weighted by Gasteiger charge is -2.24. The van der Waals surface area contributed by atoms with E-state index in [2.05, 4.69) is 31.9 Å². The van der Waals surface area contributed by atoms with Crippen LogP contribution in [0, 0.1) is 0 Å². The van der Waals surface area contributed by atoms with Crippen molar-refractivity contribution >= 4 is 17.7 Å². The highest BCUT2D eigenvalue weighted by molar-refractivity contribution is 5.72. The molecule has 2 aliphatic heterocycles. The molecule has 1 amide bonds. The maximum absolute atomic E-state index is 12.1. The summed E-state index contributed by atoms with van der Waals surface area (Å²) in [5.74, 6) is 1.73. The van der Waals surface area contributed by atoms with Gasteiger partial charge in [0.15, 0.2) is 0 Å². The summed E-state index contributed by atoms with van der Waals surface area (Å²) in [7, 11) is 4.01. The Morgan fingerprint density at radius 1 is 1.28 bits per heavy atom. The lowest BCUT2D eigenvalue weighted by molar-refractivity contribution is 0.156. The number of aromatic nitrogens is 2. The van der Waals surface area contributed by atoms with E-state index in [9.17, 15) is 4.79 Å². The maximum Gasteiger partial charge on any atom is 0.410 e. The fourth-order valence-electron chi connectivity index (χ4n) is 3.53. The van der Waals surface area contributed by atoms with E-state index in [0.29, 0.717) is 19.7 Å². The Hall–Kier alpha value is -2.83. The number of nitrogens with zero attached hydrogens (tertiary/aromatic N) is 5. The number of fused-ring (bicyclic) bond motifs is 2. The molecular formula is C18H21N5O2. The van der Waals surface area contributed by atoms with Gasteiger partial charge in [-0.2, -0.15) is 0 Å². The summed E-state index contributed by atoms with van der Waals surface area (Å²) in [5, 5.41) is 0. The summed E-state index contributed by atoms with van der Waals surface area (Å²) in [4.78, 5) is 27.0. The van der Waals surface area contributed by atoms with E-state index in [4.69, 9.17) is 4.74 Å². The quantitative estimate of drug-likeness (QED) is 0.851. The molecule has 4 rings (SSSR count). The number of likely N-dealkylation sites (N-methyl/N-ethyl adjacent to an activating group) is 1. The highest BCUT2D eigenvalue weighted by Gasteiger charge is 2.38. The Kier molecular flexibility index (Phi) is 3.91. The lowest BCUT2D eigenvalue weighted by Crippen LogP contribution is -2.38. The molecule has 25 heavy (non-hydrogen) atoms. The number of rotatable bonds is 3. The van der Waals surface area contributed by atoms with Crippen LogP contribution >= 0.6 is 0 Å². The molecule has 3 heterocycles. The third-order valence-corrected chi connectivity index (χ3v) is 4.77. The van der Waals surface area contributed by atoms with E-state index < -0.39 is 0 Å². The Balaban J connectivity index is 1.68. The number of hydrogen-bond donors (Lipinski definition) is 0. The van der Waals surface area contributed by atoms with Crippen molar-refractivity contribution in [3.63, 3.8) is 0 Å². The highest BCUT2D eigenvalue weighted by atomic mass is 16.6. The zero-order chi connectivity index (χ0) is 17.4. The van der Waals surface area contributed by atoms with Crippen LogP contribution in [0.2, 0.25) is 0 Å². The predicted molar refractivity (Wildman–Crippen MR) is 94.5 cm³/mol. The van der Waals surface area contributed by atoms with Gasteiger partial charge in [-0.05, 0) is 5.56 Å². The van der Waals surface area contributed by atoms with Crippen LogP contribution in [-0.2, 0) is 17.8 Å². The van der Waals surface area contributed by atoms with Crippen LogP contribution in [-0.4, -0.2) is 54.2 Å². The van der Waals surface area contributed by atoms with Crippen molar-refractivity contribution in [3.8, 4) is 0 Å². The highest BCUT2D eigenvalue weighted by Crippen LogP contribution is 2.32. The van der Waals surface area contributed by atoms with Gasteiger partial charge in [0, 0.05) is 27.2 Å². The summed E-state index contributed by atoms with van der Waals surface area (Å²) >= 11 is 0. The molecule has 1 fully saturated rings. The van der Waals surface area contributed by atoms with Crippen LogP contribution in [0.4, 0.5) is 16.4 Å². The number of benzene rings is 1. The molecule has 0 bridgehead atoms. The molecule has 0 aliphatic carbocycles. The fourth-order valence-corrected chi connectivity index (χ4v) is 3.53. The minimum atomic E-state index is -0.258. The number of ether oxygens (including phenoxy) is 1. The summed E-state index contributed by atoms with van der Waals surface area (Å²) in [6.45, 7) is 2.34. The van der Waals surface area contributed by atoms with Gasteiger partial charge < -0.3 is 14.5 Å². The molecule has 1 atom stereocenters. The van der Waals surface area contributed by atoms with Crippen molar-refractivity contribution in [2.24, 2.45) is 0 Å². The molecule has 0 saturated carbocycles. The smallest absolute Gasteiger partial charge is 0.410 e. The van der Waals surface area contributed by atoms with Gasteiger partial charge >= 0.3 is 6.09 Å². The summed E-state index contributed by atoms with van der Waals surface area (Å²) in [5.41, 5.74) is 2.17. The molecule has 0 N–H and O–H groups in total. The average molecular weight is 339 g/mol.